The Morgan fingerprint density at radius 3 is 2.76 bits per heavy atom. The first kappa shape index (κ1) is 12.5. The van der Waals surface area contributed by atoms with Gasteiger partial charge in [-0.2, -0.15) is 0 Å². The predicted octanol–water partition coefficient (Wildman–Crippen LogP) is 3.62. The number of benzene rings is 1. The summed E-state index contributed by atoms with van der Waals surface area (Å²) in [4.78, 5) is 16.9. The van der Waals surface area contributed by atoms with Crippen LogP contribution in [0.1, 0.15) is 20.4 Å². The minimum absolute atomic E-state index is 0.0879. The van der Waals surface area contributed by atoms with Crippen LogP contribution < -0.4 is 5.32 Å². The van der Waals surface area contributed by atoms with Crippen LogP contribution in [0, 0.1) is 17.4 Å². The lowest BCUT2D eigenvalue weighted by molar-refractivity contribution is 0.103. The van der Waals surface area contributed by atoms with Crippen molar-refractivity contribution < 1.29 is 4.79 Å². The van der Waals surface area contributed by atoms with Crippen molar-refractivity contribution in [2.75, 3.05) is 5.32 Å². The molecule has 0 unspecified atom stereocenters. The first-order valence-corrected chi connectivity index (χ1v) is 6.97. The van der Waals surface area contributed by atoms with Crippen LogP contribution in [-0.4, -0.2) is 10.9 Å². The van der Waals surface area contributed by atoms with Gasteiger partial charge in [0.2, 0.25) is 0 Å². The van der Waals surface area contributed by atoms with E-state index in [0.29, 0.717) is 4.88 Å². The summed E-state index contributed by atoms with van der Waals surface area (Å²) in [5, 5.41) is 3.79. The summed E-state index contributed by atoms with van der Waals surface area (Å²) in [6, 6.07) is 7.71. The number of nitrogens with one attached hydrogen (secondary N) is 1. The Bertz CT molecular complexity index is 565. The molecule has 2 rings (SSSR count). The number of carbonyl (C=O) groups excluding carboxylic acids is 1. The molecule has 0 saturated heterocycles. The molecule has 1 aromatic carbocycles. The molecule has 0 bridgehead atoms. The highest BCUT2D eigenvalue weighted by Crippen LogP contribution is 2.19. The molecule has 17 heavy (non-hydrogen) atoms. The Balaban J connectivity index is 2.20. The average Bonchev–Trinajstić information content (AvgIpc) is 2.58. The maximum Gasteiger partial charge on any atom is 0.267 e. The Morgan fingerprint density at radius 1 is 1.41 bits per heavy atom. The topological polar surface area (TPSA) is 42.0 Å². The van der Waals surface area contributed by atoms with E-state index in [9.17, 15) is 4.79 Å². The molecule has 1 amide bonds. The van der Waals surface area contributed by atoms with Crippen molar-refractivity contribution in [1.29, 1.82) is 0 Å². The van der Waals surface area contributed by atoms with Crippen LogP contribution in [0.4, 0.5) is 5.69 Å². The standard InChI is InChI=1S/C12H11IN2OS/c1-7-11(17-8(2)14-7)12(16)15-10-5-3-4-9(13)6-10/h3-6H,1-2H3,(H,15,16). The number of aromatic nitrogens is 1. The van der Waals surface area contributed by atoms with Gasteiger partial charge in [-0.15, -0.1) is 11.3 Å². The van der Waals surface area contributed by atoms with Gasteiger partial charge in [-0.3, -0.25) is 4.79 Å². The number of carbonyl (C=O) groups is 1. The van der Waals surface area contributed by atoms with Crippen LogP contribution in [0.25, 0.3) is 0 Å². The largest absolute Gasteiger partial charge is 0.321 e. The molecule has 5 heteroatoms. The van der Waals surface area contributed by atoms with Gasteiger partial charge in [-0.25, -0.2) is 4.98 Å². The summed E-state index contributed by atoms with van der Waals surface area (Å²) < 4.78 is 1.10. The molecule has 1 heterocycles. The van der Waals surface area contributed by atoms with Crippen molar-refractivity contribution in [3.8, 4) is 0 Å². The second-order valence-corrected chi connectivity index (χ2v) is 6.06. The summed E-state index contributed by atoms with van der Waals surface area (Å²) in [5.74, 6) is -0.0879. The third-order valence-corrected chi connectivity index (χ3v) is 3.93. The molecule has 1 aromatic heterocycles. The molecule has 0 fully saturated rings. The maximum atomic E-state index is 12.0. The van der Waals surface area contributed by atoms with Gasteiger partial charge in [0.1, 0.15) is 4.88 Å². The molecular formula is C12H11IN2OS. The zero-order valence-electron chi connectivity index (χ0n) is 9.45. The Labute approximate surface area is 117 Å². The summed E-state index contributed by atoms with van der Waals surface area (Å²) in [7, 11) is 0. The average molecular weight is 358 g/mol. The van der Waals surface area contributed by atoms with Crippen molar-refractivity contribution in [3.05, 3.63) is 43.4 Å². The lowest BCUT2D eigenvalue weighted by Gasteiger charge is -2.04. The highest BCUT2D eigenvalue weighted by molar-refractivity contribution is 14.1. The molecule has 88 valence electrons. The van der Waals surface area contributed by atoms with Gasteiger partial charge in [-0.1, -0.05) is 6.07 Å². The zero-order valence-corrected chi connectivity index (χ0v) is 12.4. The summed E-state index contributed by atoms with van der Waals surface area (Å²) in [6.07, 6.45) is 0. The number of rotatable bonds is 2. The van der Waals surface area contributed by atoms with E-state index < -0.39 is 0 Å². The highest BCUT2D eigenvalue weighted by Gasteiger charge is 2.13. The van der Waals surface area contributed by atoms with Gasteiger partial charge in [-0.05, 0) is 54.6 Å². The molecule has 0 aliphatic rings. The Morgan fingerprint density at radius 2 is 2.18 bits per heavy atom. The lowest BCUT2D eigenvalue weighted by atomic mass is 10.3. The molecule has 3 nitrogen and oxygen atoms in total. The molecule has 0 aliphatic carbocycles. The van der Waals surface area contributed by atoms with Crippen LogP contribution in [0.3, 0.4) is 0 Å². The quantitative estimate of drug-likeness (QED) is 0.834. The van der Waals surface area contributed by atoms with Crippen LogP contribution in [0.15, 0.2) is 24.3 Å². The fourth-order valence-corrected chi connectivity index (χ4v) is 2.85. The molecule has 0 radical (unpaired) electrons. The first-order valence-electron chi connectivity index (χ1n) is 5.07. The monoisotopic (exact) mass is 358 g/mol. The van der Waals surface area contributed by atoms with E-state index in [1.54, 1.807) is 0 Å². The lowest BCUT2D eigenvalue weighted by Crippen LogP contribution is -2.11. The van der Waals surface area contributed by atoms with Gasteiger partial charge in [0.25, 0.3) is 5.91 Å². The number of hydrogen-bond acceptors (Lipinski definition) is 3. The summed E-state index contributed by atoms with van der Waals surface area (Å²) in [5.41, 5.74) is 1.60. The van der Waals surface area contributed by atoms with E-state index in [4.69, 9.17) is 0 Å². The van der Waals surface area contributed by atoms with Crippen LogP contribution in [-0.2, 0) is 0 Å². The molecular weight excluding hydrogens is 347 g/mol. The second-order valence-electron chi connectivity index (χ2n) is 3.61. The number of halogens is 1. The van der Waals surface area contributed by atoms with Crippen LogP contribution in [0.5, 0.6) is 0 Å². The van der Waals surface area contributed by atoms with E-state index in [1.807, 2.05) is 38.1 Å². The minimum Gasteiger partial charge on any atom is -0.321 e. The van der Waals surface area contributed by atoms with Gasteiger partial charge >= 0.3 is 0 Å². The van der Waals surface area contributed by atoms with E-state index in [1.165, 1.54) is 11.3 Å². The number of amides is 1. The molecule has 1 N–H and O–H groups in total. The fourth-order valence-electron chi connectivity index (χ4n) is 1.50. The SMILES string of the molecule is Cc1nc(C)c(C(=O)Nc2cccc(I)c2)s1. The first-order chi connectivity index (χ1) is 8.06. The predicted molar refractivity (Wildman–Crippen MR) is 78.7 cm³/mol. The number of nitrogens with zero attached hydrogens (tertiary/aromatic N) is 1. The van der Waals surface area contributed by atoms with Crippen LogP contribution in [0.2, 0.25) is 0 Å². The second kappa shape index (κ2) is 5.14. The molecule has 0 atom stereocenters. The number of aryl methyl sites for hydroxylation is 2. The van der Waals surface area contributed by atoms with E-state index in [2.05, 4.69) is 32.9 Å². The number of hydrogen-bond donors (Lipinski definition) is 1. The highest BCUT2D eigenvalue weighted by atomic mass is 127. The van der Waals surface area contributed by atoms with Gasteiger partial charge in [0, 0.05) is 9.26 Å². The number of thiazole rings is 1. The molecule has 2 aromatic rings. The number of anilines is 1. The fraction of sp³-hybridized carbons (Fsp3) is 0.167. The minimum atomic E-state index is -0.0879. The molecule has 0 spiro atoms. The Hall–Kier alpha value is -0.950. The van der Waals surface area contributed by atoms with Crippen molar-refractivity contribution in [1.82, 2.24) is 4.98 Å². The van der Waals surface area contributed by atoms with Gasteiger partial charge < -0.3 is 5.32 Å². The van der Waals surface area contributed by atoms with Gasteiger partial charge in [0.15, 0.2) is 0 Å². The van der Waals surface area contributed by atoms with Crippen molar-refractivity contribution in [3.63, 3.8) is 0 Å². The van der Waals surface area contributed by atoms with Gasteiger partial charge in [0.05, 0.1) is 10.7 Å². The van der Waals surface area contributed by atoms with E-state index in [-0.39, 0.29) is 5.91 Å². The Kier molecular flexibility index (Phi) is 3.78. The van der Waals surface area contributed by atoms with Crippen LogP contribution >= 0.6 is 33.9 Å². The molecule has 0 aliphatic heterocycles. The third-order valence-electron chi connectivity index (χ3n) is 2.19. The van der Waals surface area contributed by atoms with Crippen molar-refractivity contribution in [2.45, 2.75) is 13.8 Å². The van der Waals surface area contributed by atoms with E-state index in [0.717, 1.165) is 20.0 Å². The maximum absolute atomic E-state index is 12.0. The normalized spacial score (nSPS) is 10.3. The third kappa shape index (κ3) is 3.04. The summed E-state index contributed by atoms with van der Waals surface area (Å²) >= 11 is 3.64. The van der Waals surface area contributed by atoms with E-state index >= 15 is 0 Å². The van der Waals surface area contributed by atoms with Crippen molar-refractivity contribution in [2.24, 2.45) is 0 Å². The zero-order chi connectivity index (χ0) is 12.4. The molecule has 0 saturated carbocycles. The summed E-state index contributed by atoms with van der Waals surface area (Å²) in [6.45, 7) is 3.76. The smallest absolute Gasteiger partial charge is 0.267 e. The van der Waals surface area contributed by atoms with Crippen molar-refractivity contribution >= 4 is 45.5 Å².